The van der Waals surface area contributed by atoms with Gasteiger partial charge in [0.25, 0.3) is 0 Å². The van der Waals surface area contributed by atoms with E-state index in [1.165, 1.54) is 7.11 Å². The van der Waals surface area contributed by atoms with Gasteiger partial charge in [0, 0.05) is 42.5 Å². The van der Waals surface area contributed by atoms with E-state index in [9.17, 15) is 14.4 Å². The van der Waals surface area contributed by atoms with Crippen LogP contribution in [0, 0.1) is 16.7 Å². The number of piperidine rings is 1. The zero-order valence-corrected chi connectivity index (χ0v) is 23.9. The van der Waals surface area contributed by atoms with Gasteiger partial charge in [-0.3, -0.25) is 14.4 Å². The number of Topliss-reactive ketones (excluding diaryl/α,β-unsaturated/α-hetero) is 1. The molecule has 0 radical (unpaired) electrons. The summed E-state index contributed by atoms with van der Waals surface area (Å²) in [6.07, 6.45) is 10.3. The lowest BCUT2D eigenvalue weighted by atomic mass is 9.56. The first-order valence-electron chi connectivity index (χ1n) is 13.0. The molecule has 7 heteroatoms. The van der Waals surface area contributed by atoms with Gasteiger partial charge in [0.15, 0.2) is 19.5 Å². The van der Waals surface area contributed by atoms with Gasteiger partial charge >= 0.3 is 5.97 Å². The summed E-state index contributed by atoms with van der Waals surface area (Å²) in [5, 5.41) is 0.0204. The van der Waals surface area contributed by atoms with Gasteiger partial charge in [0.1, 0.15) is 0 Å². The molecule has 0 saturated carbocycles. The number of nitrogens with zero attached hydrogens (tertiary/aromatic N) is 1. The van der Waals surface area contributed by atoms with Crippen LogP contribution in [0.15, 0.2) is 47.6 Å². The van der Waals surface area contributed by atoms with Crippen LogP contribution in [0.2, 0.25) is 18.1 Å². The van der Waals surface area contributed by atoms with Crippen molar-refractivity contribution in [3.63, 3.8) is 0 Å². The minimum atomic E-state index is -2.08. The van der Waals surface area contributed by atoms with Crippen LogP contribution in [0.1, 0.15) is 53.4 Å². The highest BCUT2D eigenvalue weighted by Crippen LogP contribution is 2.62. The van der Waals surface area contributed by atoms with E-state index in [-0.39, 0.29) is 35.1 Å². The quantitative estimate of drug-likeness (QED) is 0.205. The molecule has 4 atom stereocenters. The lowest BCUT2D eigenvalue weighted by molar-refractivity contribution is -0.164. The minimum absolute atomic E-state index is 0.0204. The van der Waals surface area contributed by atoms with E-state index in [4.69, 9.17) is 9.16 Å². The van der Waals surface area contributed by atoms with Crippen LogP contribution in [-0.4, -0.2) is 57.2 Å². The molecule has 4 rings (SSSR count). The Morgan fingerprint density at radius 2 is 1.97 bits per heavy atom. The van der Waals surface area contributed by atoms with Gasteiger partial charge in [-0.1, -0.05) is 64.2 Å². The van der Waals surface area contributed by atoms with E-state index >= 15 is 0 Å². The fourth-order valence-corrected chi connectivity index (χ4v) is 7.35. The Hall–Kier alpha value is -2.25. The summed E-state index contributed by atoms with van der Waals surface area (Å²) in [6.45, 7) is 18.0. The van der Waals surface area contributed by atoms with Gasteiger partial charge in [-0.2, -0.15) is 0 Å². The highest BCUT2D eigenvalue weighted by atomic mass is 28.4. The molecule has 0 spiro atoms. The Bertz CT molecular complexity index is 1090. The average Bonchev–Trinajstić information content (AvgIpc) is 3.29. The Morgan fingerprint density at radius 1 is 1.28 bits per heavy atom. The van der Waals surface area contributed by atoms with Gasteiger partial charge < -0.3 is 14.1 Å². The van der Waals surface area contributed by atoms with Crippen LogP contribution in [-0.2, 0) is 23.5 Å². The third kappa shape index (κ3) is 3.90. The predicted molar refractivity (Wildman–Crippen MR) is 143 cm³/mol. The van der Waals surface area contributed by atoms with Crippen LogP contribution >= 0.6 is 0 Å². The van der Waals surface area contributed by atoms with Crippen molar-refractivity contribution in [3.05, 3.63) is 47.6 Å². The number of amides is 1. The molecule has 0 aromatic rings. The van der Waals surface area contributed by atoms with Crippen molar-refractivity contribution in [2.75, 3.05) is 20.3 Å². The topological polar surface area (TPSA) is 72.9 Å². The minimum Gasteiger partial charge on any atom is -0.468 e. The number of allylic oxidation sites excluding steroid dienone is 5. The molecule has 2 bridgehead atoms. The number of ketones is 1. The zero-order valence-electron chi connectivity index (χ0n) is 22.9. The van der Waals surface area contributed by atoms with E-state index in [2.05, 4.69) is 46.5 Å². The zero-order chi connectivity index (χ0) is 26.7. The fraction of sp³-hybridized carbons (Fsp3) is 0.621. The third-order valence-corrected chi connectivity index (χ3v) is 14.1. The summed E-state index contributed by atoms with van der Waals surface area (Å²) in [5.41, 5.74) is 0.579. The van der Waals surface area contributed by atoms with Gasteiger partial charge in [0.05, 0.1) is 7.11 Å². The highest BCUT2D eigenvalue weighted by Gasteiger charge is 2.72. The number of esters is 1. The van der Waals surface area contributed by atoms with E-state index in [0.717, 1.165) is 23.1 Å². The Labute approximate surface area is 216 Å². The van der Waals surface area contributed by atoms with Crippen molar-refractivity contribution in [1.29, 1.82) is 0 Å². The first kappa shape index (κ1) is 26.8. The first-order chi connectivity index (χ1) is 16.7. The number of hydrogen-bond donors (Lipinski definition) is 0. The molecule has 2 aliphatic heterocycles. The molecule has 1 amide bonds. The number of carbonyl (C=O) groups excluding carboxylic acids is 3. The van der Waals surface area contributed by atoms with Crippen molar-refractivity contribution in [3.8, 4) is 0 Å². The largest absolute Gasteiger partial charge is 0.468 e. The number of rotatable bonds is 7. The molecular weight excluding hydrogens is 470 g/mol. The number of ether oxygens (including phenoxy) is 1. The van der Waals surface area contributed by atoms with Crippen molar-refractivity contribution >= 4 is 26.0 Å². The van der Waals surface area contributed by atoms with Crippen LogP contribution in [0.4, 0.5) is 0 Å². The monoisotopic (exact) mass is 511 g/mol. The molecule has 0 N–H and O–H groups in total. The van der Waals surface area contributed by atoms with Gasteiger partial charge in [0.2, 0.25) is 5.91 Å². The maximum Gasteiger partial charge on any atom is 0.322 e. The Morgan fingerprint density at radius 3 is 2.56 bits per heavy atom. The van der Waals surface area contributed by atoms with Crippen LogP contribution in [0.3, 0.4) is 0 Å². The molecule has 6 nitrogen and oxygen atoms in total. The highest BCUT2D eigenvalue weighted by molar-refractivity contribution is 6.74. The molecule has 2 aliphatic carbocycles. The summed E-state index contributed by atoms with van der Waals surface area (Å²) in [6, 6.07) is -0.114. The van der Waals surface area contributed by atoms with Crippen molar-refractivity contribution in [2.24, 2.45) is 16.7 Å². The SMILES string of the molecule is C=C1CN2C(=O)[C@](CCO[Si](C)(C)C(C)(C)C)(C(=O)OC)[C@@]3(C)C=C(/C=C\C4=CCCC4=O)[C@@H]1C[C@@H]23. The van der Waals surface area contributed by atoms with Crippen molar-refractivity contribution in [2.45, 2.75) is 77.6 Å². The smallest absolute Gasteiger partial charge is 0.322 e. The third-order valence-electron chi connectivity index (χ3n) is 9.60. The average molecular weight is 512 g/mol. The number of fused-ring (bicyclic) bond motifs is 1. The molecule has 2 heterocycles. The molecule has 0 aromatic heterocycles. The van der Waals surface area contributed by atoms with Gasteiger partial charge in [-0.25, -0.2) is 0 Å². The van der Waals surface area contributed by atoms with Crippen LogP contribution in [0.5, 0.6) is 0 Å². The molecule has 0 unspecified atom stereocenters. The van der Waals surface area contributed by atoms with Gasteiger partial charge in [-0.05, 0) is 43.0 Å². The van der Waals surface area contributed by atoms with E-state index in [1.54, 1.807) is 0 Å². The second-order valence-corrected chi connectivity index (χ2v) is 17.3. The standard InChI is InChI=1S/C29H41NO5Si/c1-19-18-30-24-16-22(19)21(13-12-20-10-9-11-23(20)31)17-28(24,5)29(25(30)32,26(33)34-6)14-15-35-36(7,8)27(2,3)4/h10,12-13,17,22,24H,1,9,11,14-16,18H2,2-8H3/b13-12-/t22-,24-,28+,29-/m1/s1. The molecular formula is C29H41NO5Si. The van der Waals surface area contributed by atoms with Crippen molar-refractivity contribution in [1.82, 2.24) is 4.90 Å². The van der Waals surface area contributed by atoms with E-state index < -0.39 is 25.1 Å². The number of carbonyl (C=O) groups is 3. The molecule has 4 aliphatic rings. The summed E-state index contributed by atoms with van der Waals surface area (Å²) in [4.78, 5) is 41.7. The maximum absolute atomic E-state index is 14.1. The molecule has 0 aromatic carbocycles. The van der Waals surface area contributed by atoms with Gasteiger partial charge in [-0.15, -0.1) is 0 Å². The van der Waals surface area contributed by atoms with Crippen molar-refractivity contribution < 1.29 is 23.5 Å². The Balaban J connectivity index is 1.76. The number of methoxy groups -OCH3 is 1. The second kappa shape index (κ2) is 8.94. The maximum atomic E-state index is 14.1. The Kier molecular flexibility index (Phi) is 6.66. The normalized spacial score (nSPS) is 32.3. The van der Waals surface area contributed by atoms with E-state index in [1.807, 2.05) is 30.1 Å². The molecule has 196 valence electrons. The molecule has 2 saturated heterocycles. The first-order valence-corrected chi connectivity index (χ1v) is 16.0. The summed E-state index contributed by atoms with van der Waals surface area (Å²) < 4.78 is 11.8. The summed E-state index contributed by atoms with van der Waals surface area (Å²) >= 11 is 0. The number of hydrogen-bond acceptors (Lipinski definition) is 5. The lowest BCUT2D eigenvalue weighted by Crippen LogP contribution is -2.53. The summed E-state index contributed by atoms with van der Waals surface area (Å²) in [7, 11) is -0.715. The van der Waals surface area contributed by atoms with E-state index in [0.29, 0.717) is 26.0 Å². The fourth-order valence-electron chi connectivity index (χ4n) is 6.30. The van der Waals surface area contributed by atoms with Crippen LogP contribution in [0.25, 0.3) is 0 Å². The molecule has 36 heavy (non-hydrogen) atoms. The predicted octanol–water partition coefficient (Wildman–Crippen LogP) is 5.14. The molecule has 2 fully saturated rings. The second-order valence-electron chi connectivity index (χ2n) is 12.5. The summed E-state index contributed by atoms with van der Waals surface area (Å²) in [5.74, 6) is -0.434. The van der Waals surface area contributed by atoms with Crippen LogP contribution < -0.4 is 0 Å². The lowest BCUT2D eigenvalue weighted by Gasteiger charge is -2.48.